The van der Waals surface area contributed by atoms with Crippen LogP contribution in [0.4, 0.5) is 0 Å². The molecule has 8 heteroatoms. The number of halogens is 1. The summed E-state index contributed by atoms with van der Waals surface area (Å²) >= 11 is 0. The molecule has 0 fully saturated rings. The molecule has 0 aliphatic heterocycles. The van der Waals surface area contributed by atoms with Crippen molar-refractivity contribution in [3.8, 4) is 11.6 Å². The molecule has 0 spiro atoms. The van der Waals surface area contributed by atoms with Gasteiger partial charge in [-0.05, 0) is 31.5 Å². The molecule has 29 heavy (non-hydrogen) atoms. The van der Waals surface area contributed by atoms with Crippen molar-refractivity contribution < 1.29 is 4.42 Å². The number of rotatable bonds is 8. The van der Waals surface area contributed by atoms with Gasteiger partial charge in [-0.1, -0.05) is 37.3 Å². The van der Waals surface area contributed by atoms with Crippen molar-refractivity contribution in [3.05, 3.63) is 60.1 Å². The zero-order valence-corrected chi connectivity index (χ0v) is 19.4. The zero-order valence-electron chi connectivity index (χ0n) is 17.1. The number of guanidine groups is 1. The van der Waals surface area contributed by atoms with Gasteiger partial charge in [0.2, 0.25) is 5.82 Å². The Bertz CT molecular complexity index is 862. The van der Waals surface area contributed by atoms with Crippen molar-refractivity contribution >= 4 is 29.9 Å². The standard InChI is InChI=1S/C21H28N6O.HI/c1-4-22-21(24-16(3)15(2)17-9-6-5-7-10-17)23-13-12-19-25-20(27-26-19)18-11-8-14-28-18;/h5-11,14-16H,4,12-13H2,1-3H3,(H2,22,23,24)(H,25,26,27);1H. The van der Waals surface area contributed by atoms with Crippen LogP contribution in [0.3, 0.4) is 0 Å². The van der Waals surface area contributed by atoms with Gasteiger partial charge in [-0.2, -0.15) is 5.10 Å². The molecule has 2 atom stereocenters. The van der Waals surface area contributed by atoms with Gasteiger partial charge in [0, 0.05) is 31.5 Å². The van der Waals surface area contributed by atoms with Crippen molar-refractivity contribution in [2.24, 2.45) is 4.99 Å². The Labute approximate surface area is 188 Å². The van der Waals surface area contributed by atoms with E-state index in [1.807, 2.05) is 18.2 Å². The summed E-state index contributed by atoms with van der Waals surface area (Å²) in [7, 11) is 0. The molecule has 2 unspecified atom stereocenters. The predicted molar refractivity (Wildman–Crippen MR) is 127 cm³/mol. The lowest BCUT2D eigenvalue weighted by molar-refractivity contribution is 0.550. The molecule has 0 saturated carbocycles. The summed E-state index contributed by atoms with van der Waals surface area (Å²) in [6.07, 6.45) is 2.29. The molecule has 2 heterocycles. The van der Waals surface area contributed by atoms with E-state index in [4.69, 9.17) is 4.42 Å². The summed E-state index contributed by atoms with van der Waals surface area (Å²) in [6.45, 7) is 7.88. The van der Waals surface area contributed by atoms with Gasteiger partial charge in [-0.3, -0.25) is 10.1 Å². The monoisotopic (exact) mass is 508 g/mol. The Balaban J connectivity index is 0.00000300. The number of nitrogens with zero attached hydrogens (tertiary/aromatic N) is 3. The Morgan fingerprint density at radius 2 is 1.97 bits per heavy atom. The van der Waals surface area contributed by atoms with Crippen LogP contribution in [0.25, 0.3) is 11.6 Å². The van der Waals surface area contributed by atoms with Crippen LogP contribution in [0.1, 0.15) is 38.1 Å². The van der Waals surface area contributed by atoms with Gasteiger partial charge in [0.25, 0.3) is 0 Å². The lowest BCUT2D eigenvalue weighted by Crippen LogP contribution is -2.44. The van der Waals surface area contributed by atoms with Crippen molar-refractivity contribution in [3.63, 3.8) is 0 Å². The van der Waals surface area contributed by atoms with Gasteiger partial charge in [0.15, 0.2) is 11.7 Å². The van der Waals surface area contributed by atoms with Crippen LogP contribution >= 0.6 is 24.0 Å². The fourth-order valence-corrected chi connectivity index (χ4v) is 2.90. The van der Waals surface area contributed by atoms with Crippen molar-refractivity contribution in [1.82, 2.24) is 25.8 Å². The summed E-state index contributed by atoms with van der Waals surface area (Å²) in [6, 6.07) is 14.4. The first-order valence-electron chi connectivity index (χ1n) is 9.72. The highest BCUT2D eigenvalue weighted by molar-refractivity contribution is 14.0. The minimum absolute atomic E-state index is 0. The number of hydrogen-bond acceptors (Lipinski definition) is 4. The fourth-order valence-electron chi connectivity index (χ4n) is 2.90. The van der Waals surface area contributed by atoms with E-state index in [1.54, 1.807) is 6.26 Å². The van der Waals surface area contributed by atoms with Gasteiger partial charge in [0.1, 0.15) is 5.82 Å². The second kappa shape index (κ2) is 11.6. The Hall–Kier alpha value is -2.36. The predicted octanol–water partition coefficient (Wildman–Crippen LogP) is 3.97. The van der Waals surface area contributed by atoms with Crippen LogP contribution in [0.5, 0.6) is 0 Å². The summed E-state index contributed by atoms with van der Waals surface area (Å²) in [5.41, 5.74) is 1.31. The normalized spacial score (nSPS) is 13.4. The van der Waals surface area contributed by atoms with E-state index < -0.39 is 0 Å². The van der Waals surface area contributed by atoms with Gasteiger partial charge in [-0.25, -0.2) is 4.98 Å². The van der Waals surface area contributed by atoms with Crippen molar-refractivity contribution in [1.29, 1.82) is 0 Å². The average molecular weight is 508 g/mol. The van der Waals surface area contributed by atoms with Crippen LogP contribution in [0.2, 0.25) is 0 Å². The van der Waals surface area contributed by atoms with E-state index in [1.165, 1.54) is 5.56 Å². The average Bonchev–Trinajstić information content (AvgIpc) is 3.40. The molecule has 0 amide bonds. The number of furan rings is 1. The van der Waals surface area contributed by atoms with Crippen molar-refractivity contribution in [2.45, 2.75) is 39.2 Å². The molecule has 0 radical (unpaired) electrons. The molecular formula is C21H29IN6O. The van der Waals surface area contributed by atoms with Gasteiger partial charge in [0.05, 0.1) is 6.26 Å². The van der Waals surface area contributed by atoms with Gasteiger partial charge >= 0.3 is 0 Å². The van der Waals surface area contributed by atoms with E-state index in [-0.39, 0.29) is 30.0 Å². The lowest BCUT2D eigenvalue weighted by Gasteiger charge is -2.24. The lowest BCUT2D eigenvalue weighted by atomic mass is 9.94. The number of hydrogen-bond donors (Lipinski definition) is 3. The highest BCUT2D eigenvalue weighted by atomic mass is 127. The topological polar surface area (TPSA) is 91.1 Å². The Kier molecular flexibility index (Phi) is 9.17. The minimum Gasteiger partial charge on any atom is -0.461 e. The largest absolute Gasteiger partial charge is 0.461 e. The molecule has 0 aliphatic rings. The maximum absolute atomic E-state index is 5.32. The third kappa shape index (κ3) is 6.59. The molecule has 156 valence electrons. The van der Waals surface area contributed by atoms with Crippen LogP contribution < -0.4 is 10.6 Å². The smallest absolute Gasteiger partial charge is 0.216 e. The third-order valence-electron chi connectivity index (χ3n) is 4.68. The highest BCUT2D eigenvalue weighted by Gasteiger charge is 2.15. The first-order chi connectivity index (χ1) is 13.7. The Morgan fingerprint density at radius 3 is 2.66 bits per heavy atom. The number of aliphatic imine (C=N–C) groups is 1. The molecule has 0 saturated heterocycles. The van der Waals surface area contributed by atoms with Crippen LogP contribution in [0.15, 0.2) is 58.1 Å². The van der Waals surface area contributed by atoms with Gasteiger partial charge in [-0.15, -0.1) is 24.0 Å². The van der Waals surface area contributed by atoms with Crippen LogP contribution in [-0.2, 0) is 6.42 Å². The first kappa shape index (κ1) is 22.9. The third-order valence-corrected chi connectivity index (χ3v) is 4.68. The van der Waals surface area contributed by atoms with Gasteiger partial charge < -0.3 is 15.1 Å². The molecule has 2 aromatic heterocycles. The molecule has 3 N–H and O–H groups in total. The second-order valence-electron chi connectivity index (χ2n) is 6.73. The van der Waals surface area contributed by atoms with E-state index in [2.05, 4.69) is 75.8 Å². The molecule has 7 nitrogen and oxygen atoms in total. The summed E-state index contributed by atoms with van der Waals surface area (Å²) in [5, 5.41) is 14.0. The van der Waals surface area contributed by atoms with E-state index in [9.17, 15) is 0 Å². The van der Waals surface area contributed by atoms with Crippen LogP contribution in [-0.4, -0.2) is 40.3 Å². The fraction of sp³-hybridized carbons (Fsp3) is 0.381. The number of nitrogens with one attached hydrogen (secondary N) is 3. The van der Waals surface area contributed by atoms with E-state index >= 15 is 0 Å². The van der Waals surface area contributed by atoms with Crippen molar-refractivity contribution in [2.75, 3.05) is 13.1 Å². The molecule has 3 rings (SSSR count). The van der Waals surface area contributed by atoms with E-state index in [0.717, 1.165) is 18.3 Å². The molecular weight excluding hydrogens is 479 g/mol. The molecule has 0 aliphatic carbocycles. The number of H-pyrrole nitrogens is 1. The first-order valence-corrected chi connectivity index (χ1v) is 9.72. The number of benzene rings is 1. The van der Waals surface area contributed by atoms with E-state index in [0.29, 0.717) is 30.5 Å². The molecule has 0 bridgehead atoms. The van der Waals surface area contributed by atoms with Crippen LogP contribution in [0, 0.1) is 0 Å². The Morgan fingerprint density at radius 1 is 1.17 bits per heavy atom. The number of aromatic nitrogens is 3. The maximum Gasteiger partial charge on any atom is 0.216 e. The maximum atomic E-state index is 5.32. The second-order valence-corrected chi connectivity index (χ2v) is 6.73. The molecule has 3 aromatic rings. The number of aromatic amines is 1. The summed E-state index contributed by atoms with van der Waals surface area (Å²) in [4.78, 5) is 9.13. The SMILES string of the molecule is CCNC(=NCCc1nc(-c2ccco2)n[nH]1)NC(C)C(C)c1ccccc1.I. The highest BCUT2D eigenvalue weighted by Crippen LogP contribution is 2.18. The molecule has 1 aromatic carbocycles. The summed E-state index contributed by atoms with van der Waals surface area (Å²) in [5.74, 6) is 3.19. The summed E-state index contributed by atoms with van der Waals surface area (Å²) < 4.78 is 5.32. The zero-order chi connectivity index (χ0) is 19.8. The quantitative estimate of drug-likeness (QED) is 0.243. The minimum atomic E-state index is 0.